The van der Waals surface area contributed by atoms with Gasteiger partial charge in [-0.1, -0.05) is 90.5 Å². The molecule has 32 heavy (non-hydrogen) atoms. The molecule has 1 N–H and O–H groups in total. The summed E-state index contributed by atoms with van der Waals surface area (Å²) < 4.78 is 6.19. The maximum atomic E-state index is 12.9. The summed E-state index contributed by atoms with van der Waals surface area (Å²) in [5.74, 6) is -0.878. The summed E-state index contributed by atoms with van der Waals surface area (Å²) in [6, 6.07) is 24.8. The van der Waals surface area contributed by atoms with Crippen LogP contribution in [0.25, 0.3) is 0 Å². The Morgan fingerprint density at radius 3 is 2.22 bits per heavy atom. The SMILES string of the molecule is C=CCCc1ccc(C(OC(=O)CNC(C)=O)(c2ccccc2)c2ccccc2Cl)cc1. The van der Waals surface area contributed by atoms with Crippen LogP contribution < -0.4 is 5.32 Å². The van der Waals surface area contributed by atoms with Crippen LogP contribution in [0.2, 0.25) is 5.02 Å². The van der Waals surface area contributed by atoms with E-state index in [1.165, 1.54) is 6.92 Å². The summed E-state index contributed by atoms with van der Waals surface area (Å²) in [6.45, 7) is 4.89. The molecule has 1 atom stereocenters. The highest BCUT2D eigenvalue weighted by Crippen LogP contribution is 2.43. The number of hydrogen-bond donors (Lipinski definition) is 1. The van der Waals surface area contributed by atoms with E-state index in [1.807, 2.05) is 78.9 Å². The van der Waals surface area contributed by atoms with Gasteiger partial charge in [0.25, 0.3) is 0 Å². The van der Waals surface area contributed by atoms with Crippen molar-refractivity contribution in [2.45, 2.75) is 25.4 Å². The Labute approximate surface area is 193 Å². The molecule has 0 fully saturated rings. The van der Waals surface area contributed by atoms with Crippen LogP contribution in [0.4, 0.5) is 0 Å². The van der Waals surface area contributed by atoms with E-state index in [0.717, 1.165) is 29.5 Å². The third-order valence-corrected chi connectivity index (χ3v) is 5.51. The van der Waals surface area contributed by atoms with Crippen molar-refractivity contribution in [1.29, 1.82) is 0 Å². The topological polar surface area (TPSA) is 55.4 Å². The molecule has 0 aliphatic heterocycles. The first-order chi connectivity index (χ1) is 15.5. The molecular weight excluding hydrogens is 422 g/mol. The van der Waals surface area contributed by atoms with Crippen molar-refractivity contribution in [1.82, 2.24) is 5.32 Å². The van der Waals surface area contributed by atoms with Gasteiger partial charge in [-0.05, 0) is 24.5 Å². The van der Waals surface area contributed by atoms with Crippen molar-refractivity contribution in [2.75, 3.05) is 6.54 Å². The second-order valence-electron chi connectivity index (χ2n) is 7.44. The number of hydrogen-bond acceptors (Lipinski definition) is 3. The predicted octanol–water partition coefficient (Wildman–Crippen LogP) is 5.43. The van der Waals surface area contributed by atoms with E-state index in [1.54, 1.807) is 6.07 Å². The first-order valence-electron chi connectivity index (χ1n) is 10.4. The van der Waals surface area contributed by atoms with Crippen LogP contribution >= 0.6 is 11.6 Å². The average molecular weight is 448 g/mol. The minimum Gasteiger partial charge on any atom is -0.443 e. The van der Waals surface area contributed by atoms with Crippen LogP contribution in [-0.2, 0) is 26.3 Å². The molecule has 3 aromatic carbocycles. The van der Waals surface area contributed by atoms with E-state index in [9.17, 15) is 9.59 Å². The zero-order valence-electron chi connectivity index (χ0n) is 18.0. The molecule has 1 amide bonds. The van der Waals surface area contributed by atoms with Gasteiger partial charge in [0.05, 0.1) is 0 Å². The second kappa shape index (κ2) is 10.8. The maximum Gasteiger partial charge on any atom is 0.326 e. The molecule has 0 saturated heterocycles. The van der Waals surface area contributed by atoms with E-state index in [-0.39, 0.29) is 12.5 Å². The number of nitrogens with one attached hydrogen (secondary N) is 1. The summed E-state index contributed by atoms with van der Waals surface area (Å²) in [7, 11) is 0. The summed E-state index contributed by atoms with van der Waals surface area (Å²) in [6.07, 6.45) is 3.63. The molecule has 5 heteroatoms. The largest absolute Gasteiger partial charge is 0.443 e. The number of benzene rings is 3. The molecule has 0 aliphatic rings. The molecule has 3 aromatic rings. The highest BCUT2D eigenvalue weighted by atomic mass is 35.5. The molecule has 0 radical (unpaired) electrons. The zero-order valence-corrected chi connectivity index (χ0v) is 18.8. The van der Waals surface area contributed by atoms with E-state index in [4.69, 9.17) is 16.3 Å². The van der Waals surface area contributed by atoms with Gasteiger partial charge in [0.15, 0.2) is 5.60 Å². The minimum atomic E-state index is -1.29. The Morgan fingerprint density at radius 1 is 0.969 bits per heavy atom. The first kappa shape index (κ1) is 23.3. The smallest absolute Gasteiger partial charge is 0.326 e. The number of halogens is 1. The van der Waals surface area contributed by atoms with Crippen LogP contribution in [-0.4, -0.2) is 18.4 Å². The number of esters is 1. The van der Waals surface area contributed by atoms with E-state index < -0.39 is 11.6 Å². The molecular formula is C27H26ClNO3. The third-order valence-electron chi connectivity index (χ3n) is 5.18. The van der Waals surface area contributed by atoms with Crippen LogP contribution in [0.3, 0.4) is 0 Å². The fraction of sp³-hybridized carbons (Fsp3) is 0.185. The Morgan fingerprint density at radius 2 is 1.59 bits per heavy atom. The molecule has 0 saturated carbocycles. The minimum absolute atomic E-state index is 0.244. The molecule has 3 rings (SSSR count). The number of amides is 1. The lowest BCUT2D eigenvalue weighted by Crippen LogP contribution is -2.39. The van der Waals surface area contributed by atoms with Crippen LogP contribution in [0.5, 0.6) is 0 Å². The van der Waals surface area contributed by atoms with Crippen molar-refractivity contribution in [3.05, 3.63) is 119 Å². The standard InChI is InChI=1S/C27H26ClNO3/c1-3-4-10-21-15-17-23(18-16-21)27(22-11-6-5-7-12-22,24-13-8-9-14-25(24)28)32-26(31)19-29-20(2)30/h3,5-9,11-18H,1,4,10,19H2,2H3,(H,29,30). The average Bonchev–Trinajstić information content (AvgIpc) is 2.81. The molecule has 0 aliphatic carbocycles. The van der Waals surface area contributed by atoms with Gasteiger partial charge in [0.2, 0.25) is 5.91 Å². The number of aryl methyl sites for hydroxylation is 1. The van der Waals surface area contributed by atoms with Crippen molar-refractivity contribution >= 4 is 23.5 Å². The van der Waals surface area contributed by atoms with Crippen LogP contribution in [0.15, 0.2) is 91.5 Å². The lowest BCUT2D eigenvalue weighted by atomic mass is 9.79. The Bertz CT molecular complexity index is 1080. The molecule has 0 heterocycles. The van der Waals surface area contributed by atoms with Crippen molar-refractivity contribution in [3.8, 4) is 0 Å². The number of allylic oxidation sites excluding steroid dienone is 1. The molecule has 0 spiro atoms. The Balaban J connectivity index is 2.19. The Hall–Kier alpha value is -3.37. The zero-order chi connectivity index (χ0) is 23.0. The molecule has 0 bridgehead atoms. The predicted molar refractivity (Wildman–Crippen MR) is 128 cm³/mol. The number of ether oxygens (including phenoxy) is 1. The van der Waals surface area contributed by atoms with Gasteiger partial charge in [-0.25, -0.2) is 0 Å². The fourth-order valence-electron chi connectivity index (χ4n) is 3.65. The summed E-state index contributed by atoms with van der Waals surface area (Å²) in [4.78, 5) is 24.3. The fourth-order valence-corrected chi connectivity index (χ4v) is 3.92. The summed E-state index contributed by atoms with van der Waals surface area (Å²) in [5, 5.41) is 2.98. The van der Waals surface area contributed by atoms with Gasteiger partial charge in [0, 0.05) is 28.6 Å². The lowest BCUT2D eigenvalue weighted by molar-refractivity contribution is -0.153. The molecule has 4 nitrogen and oxygen atoms in total. The highest BCUT2D eigenvalue weighted by molar-refractivity contribution is 6.31. The number of rotatable bonds is 9. The van der Waals surface area contributed by atoms with E-state index >= 15 is 0 Å². The normalized spacial score (nSPS) is 12.4. The van der Waals surface area contributed by atoms with Gasteiger partial charge in [-0.15, -0.1) is 6.58 Å². The number of carbonyl (C=O) groups excluding carboxylic acids is 2. The third kappa shape index (κ3) is 5.27. The first-order valence-corrected chi connectivity index (χ1v) is 10.8. The van der Waals surface area contributed by atoms with Gasteiger partial charge in [-0.3, -0.25) is 9.59 Å². The van der Waals surface area contributed by atoms with Crippen LogP contribution in [0, 0.1) is 0 Å². The van der Waals surface area contributed by atoms with E-state index in [0.29, 0.717) is 10.6 Å². The molecule has 1 unspecified atom stereocenters. The second-order valence-corrected chi connectivity index (χ2v) is 7.84. The van der Waals surface area contributed by atoms with Gasteiger partial charge < -0.3 is 10.1 Å². The van der Waals surface area contributed by atoms with Gasteiger partial charge in [-0.2, -0.15) is 0 Å². The maximum absolute atomic E-state index is 12.9. The van der Waals surface area contributed by atoms with E-state index in [2.05, 4.69) is 11.9 Å². The van der Waals surface area contributed by atoms with Gasteiger partial charge in [0.1, 0.15) is 6.54 Å². The van der Waals surface area contributed by atoms with Crippen molar-refractivity contribution in [3.63, 3.8) is 0 Å². The van der Waals surface area contributed by atoms with Crippen molar-refractivity contribution < 1.29 is 14.3 Å². The number of carbonyl (C=O) groups is 2. The van der Waals surface area contributed by atoms with Gasteiger partial charge >= 0.3 is 5.97 Å². The highest BCUT2D eigenvalue weighted by Gasteiger charge is 2.42. The summed E-state index contributed by atoms with van der Waals surface area (Å²) in [5.41, 5.74) is 2.02. The monoisotopic (exact) mass is 447 g/mol. The van der Waals surface area contributed by atoms with Crippen molar-refractivity contribution in [2.24, 2.45) is 0 Å². The Kier molecular flexibility index (Phi) is 7.85. The van der Waals surface area contributed by atoms with Crippen LogP contribution in [0.1, 0.15) is 35.6 Å². The quantitative estimate of drug-likeness (QED) is 0.270. The lowest BCUT2D eigenvalue weighted by Gasteiger charge is -2.36. The summed E-state index contributed by atoms with van der Waals surface area (Å²) >= 11 is 6.65. The molecule has 0 aromatic heterocycles. The molecule has 164 valence electrons.